The zero-order valence-corrected chi connectivity index (χ0v) is 15.3. The average Bonchev–Trinajstić information content (AvgIpc) is 2.57. The van der Waals surface area contributed by atoms with Crippen molar-refractivity contribution in [3.05, 3.63) is 29.8 Å². The Bertz CT molecular complexity index is 707. The highest BCUT2D eigenvalue weighted by Gasteiger charge is 2.30. The van der Waals surface area contributed by atoms with E-state index >= 15 is 0 Å². The number of nitrogens with one attached hydrogen (secondary N) is 1. The van der Waals surface area contributed by atoms with Crippen molar-refractivity contribution in [1.29, 1.82) is 0 Å². The van der Waals surface area contributed by atoms with E-state index in [0.29, 0.717) is 36.5 Å². The van der Waals surface area contributed by atoms with Crippen molar-refractivity contribution in [2.24, 2.45) is 10.5 Å². The Hall–Kier alpha value is -2.70. The van der Waals surface area contributed by atoms with Crippen LogP contribution in [0, 0.1) is 5.41 Å². The summed E-state index contributed by atoms with van der Waals surface area (Å²) in [6, 6.07) is 6.32. The Morgan fingerprint density at radius 2 is 1.88 bits per heavy atom. The topological polar surface area (TPSA) is 94.1 Å². The summed E-state index contributed by atoms with van der Waals surface area (Å²) in [6.07, 6.45) is 1.49. The molecule has 0 aliphatic heterocycles. The van der Waals surface area contributed by atoms with Gasteiger partial charge < -0.3 is 9.47 Å². The molecule has 0 heterocycles. The quantitative estimate of drug-likeness (QED) is 0.621. The lowest BCUT2D eigenvalue weighted by Crippen LogP contribution is -2.32. The van der Waals surface area contributed by atoms with Crippen molar-refractivity contribution >= 4 is 23.4 Å². The van der Waals surface area contributed by atoms with Gasteiger partial charge in [0.25, 0.3) is 5.91 Å². The van der Waals surface area contributed by atoms with E-state index in [4.69, 9.17) is 9.47 Å². The highest BCUT2D eigenvalue weighted by Crippen LogP contribution is 2.31. The highest BCUT2D eigenvalue weighted by molar-refractivity contribution is 6.05. The van der Waals surface area contributed by atoms with E-state index in [1.165, 1.54) is 0 Å². The minimum absolute atomic E-state index is 0.129. The second-order valence-corrected chi connectivity index (χ2v) is 6.98. The molecular formula is C19H24N2O5. The van der Waals surface area contributed by atoms with Gasteiger partial charge in [0.1, 0.15) is 11.5 Å². The first-order chi connectivity index (χ1) is 12.3. The van der Waals surface area contributed by atoms with E-state index in [9.17, 15) is 14.4 Å². The van der Waals surface area contributed by atoms with Gasteiger partial charge in [-0.3, -0.25) is 9.59 Å². The van der Waals surface area contributed by atoms with Crippen LogP contribution in [0.4, 0.5) is 0 Å². The zero-order valence-electron chi connectivity index (χ0n) is 15.3. The molecule has 0 unspecified atom stereocenters. The van der Waals surface area contributed by atoms with Gasteiger partial charge in [-0.1, -0.05) is 13.8 Å². The summed E-state index contributed by atoms with van der Waals surface area (Å²) < 4.78 is 10.3. The monoisotopic (exact) mass is 360 g/mol. The molecule has 0 radical (unpaired) electrons. The first kappa shape index (κ1) is 19.6. The summed E-state index contributed by atoms with van der Waals surface area (Å²) in [6.45, 7) is 5.84. The fourth-order valence-electron chi connectivity index (χ4n) is 2.80. The largest absolute Gasteiger partial charge is 0.484 e. The molecule has 26 heavy (non-hydrogen) atoms. The number of ether oxygens (including phenoxy) is 2. The van der Waals surface area contributed by atoms with E-state index in [0.717, 1.165) is 0 Å². The summed E-state index contributed by atoms with van der Waals surface area (Å²) >= 11 is 0. The first-order valence-electron chi connectivity index (χ1n) is 8.55. The minimum atomic E-state index is -0.414. The summed E-state index contributed by atoms with van der Waals surface area (Å²) in [5.41, 5.74) is 3.39. The van der Waals surface area contributed by atoms with Crippen molar-refractivity contribution in [3.8, 4) is 5.75 Å². The van der Waals surface area contributed by atoms with Crippen LogP contribution in [0.25, 0.3) is 0 Å². The van der Waals surface area contributed by atoms with Crippen LogP contribution in [0.1, 0.15) is 50.4 Å². The molecule has 7 heteroatoms. The number of Topliss-reactive ketones (excluding diaryl/α,β-unsaturated/α-hetero) is 1. The van der Waals surface area contributed by atoms with Crippen LogP contribution in [-0.4, -0.2) is 36.6 Å². The third kappa shape index (κ3) is 5.98. The number of amides is 1. The van der Waals surface area contributed by atoms with Crippen LogP contribution in [-0.2, 0) is 14.3 Å². The predicted molar refractivity (Wildman–Crippen MR) is 96.1 cm³/mol. The molecule has 0 saturated heterocycles. The zero-order chi connectivity index (χ0) is 19.2. The number of ketones is 1. The van der Waals surface area contributed by atoms with Gasteiger partial charge in [0.15, 0.2) is 6.61 Å². The van der Waals surface area contributed by atoms with Crippen molar-refractivity contribution in [3.63, 3.8) is 0 Å². The Balaban J connectivity index is 1.82. The van der Waals surface area contributed by atoms with Crippen LogP contribution in [0.3, 0.4) is 0 Å². The molecule has 1 aromatic rings. The lowest BCUT2D eigenvalue weighted by molar-refractivity contribution is -0.123. The van der Waals surface area contributed by atoms with Gasteiger partial charge in [-0.25, -0.2) is 10.2 Å². The molecule has 1 saturated carbocycles. The highest BCUT2D eigenvalue weighted by atomic mass is 16.5. The summed E-state index contributed by atoms with van der Waals surface area (Å²) in [5.74, 6) is -0.234. The van der Waals surface area contributed by atoms with Crippen LogP contribution in [0.15, 0.2) is 29.4 Å². The smallest absolute Gasteiger partial charge is 0.338 e. The number of esters is 1. The Kier molecular flexibility index (Phi) is 6.49. The number of nitrogens with zero attached hydrogens (tertiary/aromatic N) is 1. The molecule has 0 aromatic heterocycles. The van der Waals surface area contributed by atoms with Gasteiger partial charge in [-0.05, 0) is 43.0 Å². The van der Waals surface area contributed by atoms with Gasteiger partial charge >= 0.3 is 5.97 Å². The maximum atomic E-state index is 11.9. The third-order valence-corrected chi connectivity index (χ3v) is 3.83. The first-order valence-corrected chi connectivity index (χ1v) is 8.55. The Morgan fingerprint density at radius 3 is 2.50 bits per heavy atom. The number of rotatable bonds is 6. The predicted octanol–water partition coefficient (Wildman–Crippen LogP) is 2.49. The van der Waals surface area contributed by atoms with E-state index in [1.54, 1.807) is 31.2 Å². The van der Waals surface area contributed by atoms with E-state index in [-0.39, 0.29) is 24.2 Å². The number of benzene rings is 1. The van der Waals surface area contributed by atoms with Gasteiger partial charge in [0, 0.05) is 18.6 Å². The van der Waals surface area contributed by atoms with Crippen molar-refractivity contribution in [2.75, 3.05) is 13.2 Å². The molecule has 0 spiro atoms. The maximum absolute atomic E-state index is 11.9. The van der Waals surface area contributed by atoms with Gasteiger partial charge in [-0.2, -0.15) is 5.10 Å². The molecule has 7 nitrogen and oxygen atoms in total. The second-order valence-electron chi connectivity index (χ2n) is 6.98. The summed E-state index contributed by atoms with van der Waals surface area (Å²) in [4.78, 5) is 35.1. The molecule has 1 aliphatic rings. The van der Waals surface area contributed by atoms with Crippen LogP contribution < -0.4 is 10.2 Å². The van der Waals surface area contributed by atoms with Crippen LogP contribution >= 0.6 is 0 Å². The molecule has 1 aromatic carbocycles. The van der Waals surface area contributed by atoms with E-state index < -0.39 is 11.9 Å². The van der Waals surface area contributed by atoms with Gasteiger partial charge in [0.05, 0.1) is 12.2 Å². The molecule has 1 fully saturated rings. The number of hydrazone groups is 1. The molecule has 0 atom stereocenters. The summed E-state index contributed by atoms with van der Waals surface area (Å²) in [5, 5.41) is 4.05. The lowest BCUT2D eigenvalue weighted by atomic mass is 9.76. The molecule has 140 valence electrons. The molecule has 1 aliphatic carbocycles. The number of hydrogen-bond acceptors (Lipinski definition) is 6. The van der Waals surface area contributed by atoms with Gasteiger partial charge in [-0.15, -0.1) is 0 Å². The standard InChI is InChI=1S/C19H24N2O5/c1-4-25-18(24)13-5-7-16(8-6-13)26-12-17(23)21-20-14-9-15(22)11-19(2,3)10-14/h5-8H,4,9-12H2,1-3H3,(H,21,23)/b20-14+. The summed E-state index contributed by atoms with van der Waals surface area (Å²) in [7, 11) is 0. The number of carbonyl (C=O) groups is 3. The molecule has 0 bridgehead atoms. The van der Waals surface area contributed by atoms with Crippen molar-refractivity contribution < 1.29 is 23.9 Å². The third-order valence-electron chi connectivity index (χ3n) is 3.83. The average molecular weight is 360 g/mol. The number of hydrogen-bond donors (Lipinski definition) is 1. The fourth-order valence-corrected chi connectivity index (χ4v) is 2.80. The van der Waals surface area contributed by atoms with Gasteiger partial charge in [0.2, 0.25) is 0 Å². The second kappa shape index (κ2) is 8.60. The SMILES string of the molecule is CCOC(=O)c1ccc(OCC(=O)N/N=C2\CC(=O)CC(C)(C)C2)cc1. The molecule has 1 N–H and O–H groups in total. The lowest BCUT2D eigenvalue weighted by Gasteiger charge is -2.28. The van der Waals surface area contributed by atoms with E-state index in [1.807, 2.05) is 13.8 Å². The van der Waals surface area contributed by atoms with Crippen molar-refractivity contribution in [1.82, 2.24) is 5.43 Å². The number of carbonyl (C=O) groups excluding carboxylic acids is 3. The molecule has 1 amide bonds. The van der Waals surface area contributed by atoms with Crippen molar-refractivity contribution in [2.45, 2.75) is 40.0 Å². The fraction of sp³-hybridized carbons (Fsp3) is 0.474. The molecular weight excluding hydrogens is 336 g/mol. The van der Waals surface area contributed by atoms with E-state index in [2.05, 4.69) is 10.5 Å². The Morgan fingerprint density at radius 1 is 1.19 bits per heavy atom. The van der Waals surface area contributed by atoms with Crippen LogP contribution in [0.5, 0.6) is 5.75 Å². The maximum Gasteiger partial charge on any atom is 0.338 e. The molecule has 2 rings (SSSR count). The minimum Gasteiger partial charge on any atom is -0.484 e. The Labute approximate surface area is 152 Å². The van der Waals surface area contributed by atoms with Crippen LogP contribution in [0.2, 0.25) is 0 Å². The normalized spacial score (nSPS) is 17.7.